The number of aromatic nitrogens is 4. The van der Waals surface area contributed by atoms with Crippen molar-refractivity contribution >= 4 is 16.9 Å². The van der Waals surface area contributed by atoms with E-state index in [0.717, 1.165) is 71.1 Å². The molecule has 2 N–H and O–H groups in total. The highest BCUT2D eigenvalue weighted by atomic mass is 16.5. The van der Waals surface area contributed by atoms with Crippen LogP contribution < -0.4 is 5.32 Å². The van der Waals surface area contributed by atoms with Gasteiger partial charge < -0.3 is 15.0 Å². The number of pyridine rings is 2. The van der Waals surface area contributed by atoms with Gasteiger partial charge in [0.1, 0.15) is 0 Å². The third-order valence-corrected chi connectivity index (χ3v) is 5.83. The maximum Gasteiger partial charge on any atom is 0.339 e. The van der Waals surface area contributed by atoms with Crippen LogP contribution in [0.3, 0.4) is 0 Å². The van der Waals surface area contributed by atoms with Crippen molar-refractivity contribution in [2.45, 2.75) is 19.8 Å². The first-order valence-corrected chi connectivity index (χ1v) is 10.9. The molecule has 7 nitrogen and oxygen atoms in total. The van der Waals surface area contributed by atoms with E-state index in [0.29, 0.717) is 12.2 Å². The predicted molar refractivity (Wildman–Crippen MR) is 123 cm³/mol. The van der Waals surface area contributed by atoms with E-state index in [2.05, 4.69) is 25.3 Å². The van der Waals surface area contributed by atoms with Gasteiger partial charge in [0.05, 0.1) is 41.1 Å². The number of H-pyrrole nitrogens is 1. The minimum Gasteiger partial charge on any atom is -0.462 e. The largest absolute Gasteiger partial charge is 0.462 e. The lowest BCUT2D eigenvalue weighted by atomic mass is 9.98. The maximum absolute atomic E-state index is 12.5. The molecule has 0 amide bonds. The van der Waals surface area contributed by atoms with Crippen molar-refractivity contribution in [1.29, 1.82) is 0 Å². The van der Waals surface area contributed by atoms with Gasteiger partial charge in [0, 0.05) is 22.8 Å². The number of carbonyl (C=O) groups excluding carboxylic acids is 1. The fraction of sp³-hybridized carbons (Fsp3) is 0.280. The van der Waals surface area contributed by atoms with E-state index in [-0.39, 0.29) is 5.97 Å². The summed E-state index contributed by atoms with van der Waals surface area (Å²) in [6.45, 7) is 4.55. The zero-order valence-corrected chi connectivity index (χ0v) is 18.0. The molecule has 1 aromatic carbocycles. The fourth-order valence-corrected chi connectivity index (χ4v) is 3.95. The number of nitrogens with one attached hydrogen (secondary N) is 2. The number of esters is 1. The molecule has 7 heteroatoms. The molecule has 32 heavy (non-hydrogen) atoms. The number of ether oxygens (including phenoxy) is 1. The topological polar surface area (TPSA) is 92.8 Å². The molecule has 1 aliphatic rings. The molecule has 0 spiro atoms. The molecule has 0 bridgehead atoms. The molecule has 0 atom stereocenters. The number of benzene rings is 1. The van der Waals surface area contributed by atoms with Crippen LogP contribution in [0.1, 0.15) is 28.9 Å². The van der Waals surface area contributed by atoms with E-state index in [1.165, 1.54) is 0 Å². The third-order valence-electron chi connectivity index (χ3n) is 5.83. The monoisotopic (exact) mass is 427 g/mol. The van der Waals surface area contributed by atoms with E-state index in [9.17, 15) is 4.79 Å². The second-order valence-corrected chi connectivity index (χ2v) is 8.22. The molecule has 1 aliphatic heterocycles. The van der Waals surface area contributed by atoms with Crippen molar-refractivity contribution in [3.8, 4) is 22.6 Å². The molecule has 0 radical (unpaired) electrons. The number of aryl methyl sites for hydroxylation is 1. The Balaban J connectivity index is 1.36. The van der Waals surface area contributed by atoms with Crippen LogP contribution in [0.15, 0.2) is 55.0 Å². The first kappa shape index (κ1) is 20.3. The van der Waals surface area contributed by atoms with Gasteiger partial charge in [-0.3, -0.25) is 9.97 Å². The number of carbonyl (C=O) groups is 1. The summed E-state index contributed by atoms with van der Waals surface area (Å²) in [5.74, 6) is 0.386. The molecule has 0 unspecified atom stereocenters. The quantitative estimate of drug-likeness (QED) is 0.340. The molecular weight excluding hydrogens is 402 g/mol. The Kier molecular flexibility index (Phi) is 5.64. The summed E-state index contributed by atoms with van der Waals surface area (Å²) in [4.78, 5) is 29.3. The van der Waals surface area contributed by atoms with Gasteiger partial charge in [-0.15, -0.1) is 0 Å². The van der Waals surface area contributed by atoms with Crippen LogP contribution in [0.5, 0.6) is 0 Å². The van der Waals surface area contributed by atoms with E-state index >= 15 is 0 Å². The van der Waals surface area contributed by atoms with E-state index < -0.39 is 0 Å². The lowest BCUT2D eigenvalue weighted by Crippen LogP contribution is -2.41. The first-order chi connectivity index (χ1) is 15.7. The second-order valence-electron chi connectivity index (χ2n) is 8.22. The lowest BCUT2D eigenvalue weighted by molar-refractivity contribution is 0.0490. The highest BCUT2D eigenvalue weighted by Gasteiger charge is 2.17. The molecule has 3 aromatic heterocycles. The van der Waals surface area contributed by atoms with Gasteiger partial charge in [-0.25, -0.2) is 9.78 Å². The Morgan fingerprint density at radius 3 is 2.88 bits per heavy atom. The van der Waals surface area contributed by atoms with Crippen molar-refractivity contribution in [2.24, 2.45) is 5.92 Å². The van der Waals surface area contributed by atoms with Crippen molar-refractivity contribution < 1.29 is 9.53 Å². The molecular formula is C25H25N5O2. The third kappa shape index (κ3) is 4.24. The van der Waals surface area contributed by atoms with Gasteiger partial charge in [0.2, 0.25) is 0 Å². The second kappa shape index (κ2) is 8.88. The molecule has 4 aromatic rings. The minimum absolute atomic E-state index is 0.332. The molecule has 162 valence electrons. The lowest BCUT2D eigenvalue weighted by Gasteiger charge is -2.26. The highest BCUT2D eigenvalue weighted by Crippen LogP contribution is 2.30. The first-order valence-electron chi connectivity index (χ1n) is 10.9. The summed E-state index contributed by atoms with van der Waals surface area (Å²) < 4.78 is 5.46. The van der Waals surface area contributed by atoms with Crippen LogP contribution in [0.25, 0.3) is 33.5 Å². The van der Waals surface area contributed by atoms with Crippen molar-refractivity contribution in [2.75, 3.05) is 19.7 Å². The molecule has 0 aliphatic carbocycles. The van der Waals surface area contributed by atoms with Gasteiger partial charge in [0.25, 0.3) is 0 Å². The number of hydrogen-bond acceptors (Lipinski definition) is 6. The Bertz CT molecular complexity index is 1260. The fourth-order valence-electron chi connectivity index (χ4n) is 3.95. The number of rotatable bonds is 7. The van der Waals surface area contributed by atoms with Crippen LogP contribution in [0.2, 0.25) is 0 Å². The molecule has 0 saturated carbocycles. The average molecular weight is 428 g/mol. The Morgan fingerprint density at radius 2 is 2.06 bits per heavy atom. The number of aromatic amines is 1. The normalized spacial score (nSPS) is 13.8. The predicted octanol–water partition coefficient (Wildman–Crippen LogP) is 4.15. The van der Waals surface area contributed by atoms with Gasteiger partial charge in [0.15, 0.2) is 0 Å². The minimum atomic E-state index is -0.332. The molecule has 1 fully saturated rings. The van der Waals surface area contributed by atoms with E-state index in [1.807, 2.05) is 49.4 Å². The number of hydrogen-bond donors (Lipinski definition) is 2. The number of imidazole rings is 1. The van der Waals surface area contributed by atoms with Gasteiger partial charge in [-0.1, -0.05) is 12.1 Å². The van der Waals surface area contributed by atoms with Gasteiger partial charge in [-0.05, 0) is 69.1 Å². The van der Waals surface area contributed by atoms with Gasteiger partial charge >= 0.3 is 5.97 Å². The zero-order valence-electron chi connectivity index (χ0n) is 18.0. The number of fused-ring (bicyclic) bond motifs is 1. The van der Waals surface area contributed by atoms with Gasteiger partial charge in [-0.2, -0.15) is 0 Å². The van der Waals surface area contributed by atoms with Crippen LogP contribution >= 0.6 is 0 Å². The SMILES string of the molecule is Cc1cccc(-c2[nH]cnc2-c2ccc3ncc(C(=O)OCCCC4CNC4)cc3c2)n1. The summed E-state index contributed by atoms with van der Waals surface area (Å²) in [5, 5.41) is 4.12. The summed E-state index contributed by atoms with van der Waals surface area (Å²) in [6, 6.07) is 13.7. The van der Waals surface area contributed by atoms with E-state index in [4.69, 9.17) is 4.74 Å². The highest BCUT2D eigenvalue weighted by molar-refractivity contribution is 5.95. The standard InChI is InChI=1S/C25H25N5O2/c1-16-4-2-6-22(30-16)24-23(28-15-29-24)18-7-8-21-19(10-18)11-20(14-27-21)25(31)32-9-3-5-17-12-26-13-17/h2,4,6-8,10-11,14-15,17,26H,3,5,9,12-13H2,1H3,(H,28,29). The van der Waals surface area contributed by atoms with Crippen LogP contribution in [-0.4, -0.2) is 45.6 Å². The average Bonchev–Trinajstić information content (AvgIpc) is 3.27. The summed E-state index contributed by atoms with van der Waals surface area (Å²) in [7, 11) is 0. The smallest absolute Gasteiger partial charge is 0.339 e. The van der Waals surface area contributed by atoms with Crippen LogP contribution in [-0.2, 0) is 4.74 Å². The molecule has 5 rings (SSSR count). The van der Waals surface area contributed by atoms with Crippen LogP contribution in [0, 0.1) is 12.8 Å². The Labute approximate surface area is 186 Å². The van der Waals surface area contributed by atoms with E-state index in [1.54, 1.807) is 12.5 Å². The maximum atomic E-state index is 12.5. The Hall–Kier alpha value is -3.58. The van der Waals surface area contributed by atoms with Crippen molar-refractivity contribution in [1.82, 2.24) is 25.3 Å². The summed E-state index contributed by atoms with van der Waals surface area (Å²) in [6.07, 6.45) is 5.22. The molecule has 4 heterocycles. The van der Waals surface area contributed by atoms with Crippen molar-refractivity contribution in [3.05, 3.63) is 66.2 Å². The number of nitrogens with zero attached hydrogens (tertiary/aromatic N) is 3. The summed E-state index contributed by atoms with van der Waals surface area (Å²) in [5.41, 5.74) is 5.65. The Morgan fingerprint density at radius 1 is 1.16 bits per heavy atom. The summed E-state index contributed by atoms with van der Waals surface area (Å²) >= 11 is 0. The van der Waals surface area contributed by atoms with Crippen LogP contribution in [0.4, 0.5) is 0 Å². The van der Waals surface area contributed by atoms with Crippen molar-refractivity contribution in [3.63, 3.8) is 0 Å². The molecule has 1 saturated heterocycles. The zero-order chi connectivity index (χ0) is 21.9.